The smallest absolute Gasteiger partial charge is 0.264 e. The molecule has 4 N–H and O–H groups in total. The van der Waals surface area contributed by atoms with Crippen LogP contribution < -0.4 is 20.9 Å². The number of fused-ring (bicyclic) bond motifs is 1. The van der Waals surface area contributed by atoms with E-state index >= 15 is 0 Å². The van der Waals surface area contributed by atoms with Crippen molar-refractivity contribution >= 4 is 23.2 Å². The molecule has 0 spiro atoms. The molecule has 2 fully saturated rings. The molecule has 0 aliphatic carbocycles. The number of aliphatic hydroxyl groups is 1. The van der Waals surface area contributed by atoms with Crippen molar-refractivity contribution in [2.24, 2.45) is 5.92 Å². The first-order valence-corrected chi connectivity index (χ1v) is 9.74. The summed E-state index contributed by atoms with van der Waals surface area (Å²) in [5.74, 6) is -1.44. The number of piperidine rings is 2. The third-order valence-electron chi connectivity index (χ3n) is 5.71. The van der Waals surface area contributed by atoms with Gasteiger partial charge in [-0.25, -0.2) is 0 Å². The number of hydrogen-bond acceptors (Lipinski definition) is 5. The van der Waals surface area contributed by atoms with E-state index in [2.05, 4.69) is 20.9 Å². The summed E-state index contributed by atoms with van der Waals surface area (Å²) in [6, 6.07) is 7.53. The van der Waals surface area contributed by atoms with Gasteiger partial charge in [0, 0.05) is 37.1 Å². The number of anilines is 2. The molecule has 0 radical (unpaired) electrons. The van der Waals surface area contributed by atoms with Crippen LogP contribution in [-0.2, 0) is 9.59 Å². The minimum Gasteiger partial charge on any atom is -0.511 e. The van der Waals surface area contributed by atoms with Gasteiger partial charge in [0.2, 0.25) is 0 Å². The predicted molar refractivity (Wildman–Crippen MR) is 104 cm³/mol. The molecule has 144 valence electrons. The molecule has 7 nitrogen and oxygen atoms in total. The highest BCUT2D eigenvalue weighted by molar-refractivity contribution is 6.23. The van der Waals surface area contributed by atoms with Crippen molar-refractivity contribution in [3.05, 3.63) is 35.6 Å². The van der Waals surface area contributed by atoms with Crippen molar-refractivity contribution in [1.29, 1.82) is 0 Å². The van der Waals surface area contributed by atoms with Crippen molar-refractivity contribution < 1.29 is 14.7 Å². The van der Waals surface area contributed by atoms with E-state index in [0.29, 0.717) is 12.2 Å². The normalized spacial score (nSPS) is 25.6. The van der Waals surface area contributed by atoms with Gasteiger partial charge in [-0.3, -0.25) is 9.59 Å². The van der Waals surface area contributed by atoms with Gasteiger partial charge in [0.15, 0.2) is 0 Å². The van der Waals surface area contributed by atoms with Gasteiger partial charge in [0.25, 0.3) is 11.8 Å². The standard InChI is InChI=1S/C20H26N4O3/c25-18-15-12-21-9-8-16(15)23-20(27)17(18)19(26)22-13-4-6-14(7-5-13)24-10-2-1-3-11-24/h4-7,15-16,21,25H,1-3,8-12H2,(H,22,26)(H,23,27). The summed E-state index contributed by atoms with van der Waals surface area (Å²) in [5, 5.41) is 19.3. The van der Waals surface area contributed by atoms with Gasteiger partial charge >= 0.3 is 0 Å². The fourth-order valence-electron chi connectivity index (χ4n) is 4.18. The molecule has 0 aromatic heterocycles. The van der Waals surface area contributed by atoms with Gasteiger partial charge in [-0.2, -0.15) is 0 Å². The Labute approximate surface area is 158 Å². The Hall–Kier alpha value is -2.54. The van der Waals surface area contributed by atoms with Crippen LogP contribution in [0.15, 0.2) is 35.6 Å². The van der Waals surface area contributed by atoms with Crippen LogP contribution in [0.4, 0.5) is 11.4 Å². The number of nitrogens with one attached hydrogen (secondary N) is 3. The van der Waals surface area contributed by atoms with Crippen molar-refractivity contribution in [2.75, 3.05) is 36.4 Å². The number of aliphatic hydroxyl groups excluding tert-OH is 1. The van der Waals surface area contributed by atoms with Crippen molar-refractivity contribution in [2.45, 2.75) is 31.7 Å². The molecule has 3 aliphatic rings. The van der Waals surface area contributed by atoms with E-state index in [1.165, 1.54) is 19.3 Å². The third-order valence-corrected chi connectivity index (χ3v) is 5.71. The molecule has 2 amide bonds. The Kier molecular flexibility index (Phi) is 5.03. The number of carbonyl (C=O) groups excluding carboxylic acids is 2. The van der Waals surface area contributed by atoms with Crippen molar-refractivity contribution in [3.63, 3.8) is 0 Å². The molecule has 4 rings (SSSR count). The fourth-order valence-corrected chi connectivity index (χ4v) is 4.18. The highest BCUT2D eigenvalue weighted by Crippen LogP contribution is 2.27. The Morgan fingerprint density at radius 1 is 1.15 bits per heavy atom. The SMILES string of the molecule is O=C(Nc1ccc(N2CCCCC2)cc1)C1=C(O)C2CNCCC2NC1=O. The molecule has 3 heterocycles. The Morgan fingerprint density at radius 2 is 1.89 bits per heavy atom. The van der Waals surface area contributed by atoms with E-state index in [1.807, 2.05) is 24.3 Å². The summed E-state index contributed by atoms with van der Waals surface area (Å²) in [4.78, 5) is 27.3. The molecular weight excluding hydrogens is 344 g/mol. The Morgan fingerprint density at radius 3 is 2.63 bits per heavy atom. The van der Waals surface area contributed by atoms with Crippen LogP contribution in [-0.4, -0.2) is 49.1 Å². The molecule has 3 aliphatic heterocycles. The van der Waals surface area contributed by atoms with E-state index in [-0.39, 0.29) is 23.3 Å². The average Bonchev–Trinajstić information content (AvgIpc) is 2.69. The number of amides is 2. The first-order valence-electron chi connectivity index (χ1n) is 9.74. The second-order valence-electron chi connectivity index (χ2n) is 7.49. The molecular formula is C20H26N4O3. The summed E-state index contributed by atoms with van der Waals surface area (Å²) in [5.41, 5.74) is 1.57. The molecule has 27 heavy (non-hydrogen) atoms. The molecule has 0 saturated carbocycles. The van der Waals surface area contributed by atoms with Crippen LogP contribution in [0.25, 0.3) is 0 Å². The van der Waals surface area contributed by atoms with E-state index in [9.17, 15) is 14.7 Å². The first-order chi connectivity index (χ1) is 13.1. The Balaban J connectivity index is 1.47. The van der Waals surface area contributed by atoms with Crippen molar-refractivity contribution in [1.82, 2.24) is 10.6 Å². The lowest BCUT2D eigenvalue weighted by Crippen LogP contribution is -2.55. The van der Waals surface area contributed by atoms with Crippen LogP contribution in [0.2, 0.25) is 0 Å². The van der Waals surface area contributed by atoms with Gasteiger partial charge in [-0.1, -0.05) is 0 Å². The number of nitrogens with zero attached hydrogens (tertiary/aromatic N) is 1. The Bertz CT molecular complexity index is 753. The molecule has 0 bridgehead atoms. The summed E-state index contributed by atoms with van der Waals surface area (Å²) in [6.45, 7) is 3.46. The van der Waals surface area contributed by atoms with E-state index in [1.54, 1.807) is 0 Å². The zero-order valence-corrected chi connectivity index (χ0v) is 15.3. The zero-order valence-electron chi connectivity index (χ0n) is 15.3. The molecule has 2 unspecified atom stereocenters. The molecule has 1 aromatic carbocycles. The fraction of sp³-hybridized carbons (Fsp3) is 0.500. The van der Waals surface area contributed by atoms with E-state index in [4.69, 9.17) is 0 Å². The highest BCUT2D eigenvalue weighted by Gasteiger charge is 2.39. The molecule has 1 aromatic rings. The predicted octanol–water partition coefficient (Wildman–Crippen LogP) is 1.54. The van der Waals surface area contributed by atoms with Gasteiger partial charge in [0.1, 0.15) is 11.3 Å². The number of benzene rings is 1. The maximum Gasteiger partial charge on any atom is 0.264 e. The van der Waals surface area contributed by atoms with Gasteiger partial charge in [0.05, 0.1) is 5.92 Å². The topological polar surface area (TPSA) is 93.7 Å². The summed E-state index contributed by atoms with van der Waals surface area (Å²) < 4.78 is 0. The van der Waals surface area contributed by atoms with E-state index < -0.39 is 11.8 Å². The van der Waals surface area contributed by atoms with Crippen molar-refractivity contribution in [3.8, 4) is 0 Å². The minimum atomic E-state index is -0.570. The number of carbonyl (C=O) groups is 2. The molecule has 2 saturated heterocycles. The van der Waals surface area contributed by atoms with Gasteiger partial charge < -0.3 is 26.0 Å². The summed E-state index contributed by atoms with van der Waals surface area (Å²) >= 11 is 0. The second kappa shape index (κ2) is 7.60. The van der Waals surface area contributed by atoms with Crippen LogP contribution in [0.1, 0.15) is 25.7 Å². The lowest BCUT2D eigenvalue weighted by molar-refractivity contribution is -0.123. The molecule has 2 atom stereocenters. The first kappa shape index (κ1) is 17.9. The highest BCUT2D eigenvalue weighted by atomic mass is 16.3. The lowest BCUT2D eigenvalue weighted by atomic mass is 9.85. The number of rotatable bonds is 3. The maximum atomic E-state index is 12.6. The maximum absolute atomic E-state index is 12.6. The monoisotopic (exact) mass is 370 g/mol. The third kappa shape index (κ3) is 3.64. The van der Waals surface area contributed by atoms with E-state index in [0.717, 1.165) is 31.7 Å². The van der Waals surface area contributed by atoms with Gasteiger partial charge in [-0.05, 0) is 56.5 Å². The zero-order chi connectivity index (χ0) is 18.8. The quantitative estimate of drug-likeness (QED) is 0.606. The van der Waals surface area contributed by atoms with Crippen LogP contribution in [0.5, 0.6) is 0 Å². The minimum absolute atomic E-state index is 0.112. The number of hydrogen-bond donors (Lipinski definition) is 4. The van der Waals surface area contributed by atoms with Crippen LogP contribution in [0.3, 0.4) is 0 Å². The van der Waals surface area contributed by atoms with Crippen LogP contribution in [0, 0.1) is 5.92 Å². The van der Waals surface area contributed by atoms with Gasteiger partial charge in [-0.15, -0.1) is 0 Å². The molecule has 7 heteroatoms. The summed E-state index contributed by atoms with van der Waals surface area (Å²) in [7, 11) is 0. The average molecular weight is 370 g/mol. The lowest BCUT2D eigenvalue weighted by Gasteiger charge is -2.36. The summed E-state index contributed by atoms with van der Waals surface area (Å²) in [6.07, 6.45) is 4.44. The largest absolute Gasteiger partial charge is 0.511 e. The van der Waals surface area contributed by atoms with Crippen LogP contribution >= 0.6 is 0 Å². The second-order valence-corrected chi connectivity index (χ2v) is 7.49.